The van der Waals surface area contributed by atoms with Gasteiger partial charge in [0.1, 0.15) is 5.75 Å². The van der Waals surface area contributed by atoms with Crippen LogP contribution in [0.5, 0.6) is 5.75 Å². The first kappa shape index (κ1) is 19.1. The fourth-order valence-corrected chi connectivity index (χ4v) is 3.61. The molecule has 0 atom stereocenters. The molecule has 0 spiro atoms. The van der Waals surface area contributed by atoms with Gasteiger partial charge in [0.15, 0.2) is 0 Å². The highest BCUT2D eigenvalue weighted by atomic mass is 35.5. The normalized spacial score (nSPS) is 11.0. The molecule has 0 saturated heterocycles. The number of sulfonamides is 1. The van der Waals surface area contributed by atoms with Gasteiger partial charge in [-0.25, -0.2) is 13.2 Å². The van der Waals surface area contributed by atoms with E-state index in [0.29, 0.717) is 11.3 Å². The molecule has 6 nitrogen and oxygen atoms in total. The highest BCUT2D eigenvalue weighted by Crippen LogP contribution is 2.27. The zero-order valence-electron chi connectivity index (χ0n) is 14.0. The van der Waals surface area contributed by atoms with Crippen LogP contribution < -0.4 is 9.46 Å². The Morgan fingerprint density at radius 3 is 2.48 bits per heavy atom. The number of aryl methyl sites for hydroxylation is 1. The van der Waals surface area contributed by atoms with E-state index >= 15 is 0 Å². The number of hydrogen-bond acceptors (Lipinski definition) is 5. The van der Waals surface area contributed by atoms with Gasteiger partial charge in [0, 0.05) is 0 Å². The van der Waals surface area contributed by atoms with Crippen molar-refractivity contribution in [1.29, 1.82) is 0 Å². The monoisotopic (exact) mass is 383 g/mol. The molecule has 2 rings (SSSR count). The minimum absolute atomic E-state index is 0.0799. The summed E-state index contributed by atoms with van der Waals surface area (Å²) in [6.45, 7) is 3.68. The molecule has 2 aromatic carbocycles. The van der Waals surface area contributed by atoms with Crippen molar-refractivity contribution in [2.24, 2.45) is 0 Å². The SMILES string of the molecule is CCOC(=O)c1ccc(NS(=O)(=O)c2ccc(OC)c(C)c2)c(Cl)c1. The predicted octanol–water partition coefficient (Wildman–Crippen LogP) is 3.63. The third-order valence-corrected chi connectivity index (χ3v) is 5.08. The van der Waals surface area contributed by atoms with Gasteiger partial charge in [0.2, 0.25) is 0 Å². The average Bonchev–Trinajstić information content (AvgIpc) is 2.56. The molecule has 2 aromatic rings. The summed E-state index contributed by atoms with van der Waals surface area (Å²) in [6, 6.07) is 8.74. The molecule has 0 fully saturated rings. The van der Waals surface area contributed by atoms with Crippen molar-refractivity contribution >= 4 is 33.3 Å². The number of esters is 1. The van der Waals surface area contributed by atoms with Crippen molar-refractivity contribution in [2.75, 3.05) is 18.4 Å². The first-order valence-electron chi connectivity index (χ1n) is 7.42. The molecule has 0 aromatic heterocycles. The van der Waals surface area contributed by atoms with E-state index in [0.717, 1.165) is 0 Å². The van der Waals surface area contributed by atoms with Gasteiger partial charge in [-0.2, -0.15) is 0 Å². The lowest BCUT2D eigenvalue weighted by Crippen LogP contribution is -2.14. The molecule has 134 valence electrons. The summed E-state index contributed by atoms with van der Waals surface area (Å²) in [7, 11) is -2.32. The maximum atomic E-state index is 12.5. The summed E-state index contributed by atoms with van der Waals surface area (Å²) in [6.07, 6.45) is 0. The number of anilines is 1. The summed E-state index contributed by atoms with van der Waals surface area (Å²) in [5.74, 6) is 0.0698. The van der Waals surface area contributed by atoms with Crippen molar-refractivity contribution < 1.29 is 22.7 Å². The Morgan fingerprint density at radius 1 is 1.20 bits per heavy atom. The van der Waals surface area contributed by atoms with Gasteiger partial charge < -0.3 is 9.47 Å². The highest BCUT2D eigenvalue weighted by molar-refractivity contribution is 7.92. The maximum Gasteiger partial charge on any atom is 0.338 e. The van der Waals surface area contributed by atoms with E-state index in [1.54, 1.807) is 19.9 Å². The van der Waals surface area contributed by atoms with Gasteiger partial charge in [0.25, 0.3) is 10.0 Å². The Kier molecular flexibility index (Phi) is 5.92. The summed E-state index contributed by atoms with van der Waals surface area (Å²) >= 11 is 6.09. The molecule has 25 heavy (non-hydrogen) atoms. The number of nitrogens with one attached hydrogen (secondary N) is 1. The van der Waals surface area contributed by atoms with Gasteiger partial charge in [-0.05, 0) is 55.8 Å². The van der Waals surface area contributed by atoms with E-state index in [2.05, 4.69) is 4.72 Å². The molecular formula is C17H18ClNO5S. The number of carbonyl (C=O) groups is 1. The highest BCUT2D eigenvalue weighted by Gasteiger charge is 2.18. The number of benzene rings is 2. The molecule has 0 unspecified atom stereocenters. The molecular weight excluding hydrogens is 366 g/mol. The van der Waals surface area contributed by atoms with Crippen LogP contribution in [0.2, 0.25) is 5.02 Å². The Bertz CT molecular complexity index is 896. The zero-order valence-corrected chi connectivity index (χ0v) is 15.6. The second-order valence-corrected chi connectivity index (χ2v) is 7.24. The summed E-state index contributed by atoms with van der Waals surface area (Å²) in [4.78, 5) is 11.8. The van der Waals surface area contributed by atoms with E-state index in [1.807, 2.05) is 0 Å². The second-order valence-electron chi connectivity index (χ2n) is 5.15. The summed E-state index contributed by atoms with van der Waals surface area (Å²) in [5.41, 5.74) is 1.10. The molecule has 0 saturated carbocycles. The van der Waals surface area contributed by atoms with E-state index in [-0.39, 0.29) is 27.8 Å². The third kappa shape index (κ3) is 4.43. The Morgan fingerprint density at radius 2 is 1.92 bits per heavy atom. The van der Waals surface area contributed by atoms with E-state index in [9.17, 15) is 13.2 Å². The second kappa shape index (κ2) is 7.76. The first-order valence-corrected chi connectivity index (χ1v) is 9.28. The van der Waals surface area contributed by atoms with Crippen LogP contribution in [0.15, 0.2) is 41.3 Å². The largest absolute Gasteiger partial charge is 0.496 e. The van der Waals surface area contributed by atoms with Crippen LogP contribution in [0.1, 0.15) is 22.8 Å². The predicted molar refractivity (Wildman–Crippen MR) is 95.9 cm³/mol. The van der Waals surface area contributed by atoms with Crippen LogP contribution in [-0.2, 0) is 14.8 Å². The van der Waals surface area contributed by atoms with Crippen LogP contribution in [0, 0.1) is 6.92 Å². The molecule has 0 aliphatic heterocycles. The minimum atomic E-state index is -3.83. The zero-order chi connectivity index (χ0) is 18.6. The van der Waals surface area contributed by atoms with Crippen molar-refractivity contribution in [2.45, 2.75) is 18.7 Å². The number of ether oxygens (including phenoxy) is 2. The van der Waals surface area contributed by atoms with Crippen LogP contribution in [0.4, 0.5) is 5.69 Å². The van der Waals surface area contributed by atoms with Crippen molar-refractivity contribution in [1.82, 2.24) is 0 Å². The third-order valence-electron chi connectivity index (χ3n) is 3.40. The minimum Gasteiger partial charge on any atom is -0.496 e. The van der Waals surface area contributed by atoms with Gasteiger partial charge in [-0.3, -0.25) is 4.72 Å². The van der Waals surface area contributed by atoms with Gasteiger partial charge in [-0.15, -0.1) is 0 Å². The number of carbonyl (C=O) groups excluding carboxylic acids is 1. The Labute approximate surface area is 151 Å². The van der Waals surface area contributed by atoms with Gasteiger partial charge >= 0.3 is 5.97 Å². The van der Waals surface area contributed by atoms with Crippen LogP contribution >= 0.6 is 11.6 Å². The van der Waals surface area contributed by atoms with Crippen molar-refractivity contribution in [3.63, 3.8) is 0 Å². The van der Waals surface area contributed by atoms with E-state index < -0.39 is 16.0 Å². The van der Waals surface area contributed by atoms with E-state index in [4.69, 9.17) is 21.1 Å². The van der Waals surface area contributed by atoms with Crippen LogP contribution in [0.25, 0.3) is 0 Å². The van der Waals surface area contributed by atoms with Crippen molar-refractivity contribution in [3.05, 3.63) is 52.5 Å². The fraction of sp³-hybridized carbons (Fsp3) is 0.235. The lowest BCUT2D eigenvalue weighted by molar-refractivity contribution is 0.0526. The smallest absolute Gasteiger partial charge is 0.338 e. The molecule has 0 bridgehead atoms. The van der Waals surface area contributed by atoms with Gasteiger partial charge in [0.05, 0.1) is 34.9 Å². The molecule has 0 aliphatic carbocycles. The topological polar surface area (TPSA) is 81.7 Å². The maximum absolute atomic E-state index is 12.5. The van der Waals surface area contributed by atoms with Crippen LogP contribution in [-0.4, -0.2) is 28.1 Å². The molecule has 0 amide bonds. The molecule has 8 heteroatoms. The number of hydrogen-bond donors (Lipinski definition) is 1. The van der Waals surface area contributed by atoms with E-state index in [1.165, 1.54) is 37.4 Å². The molecule has 1 N–H and O–H groups in total. The quantitative estimate of drug-likeness (QED) is 0.770. The average molecular weight is 384 g/mol. The number of halogens is 1. The summed E-state index contributed by atoms with van der Waals surface area (Å²) < 4.78 is 37.5. The standard InChI is InChI=1S/C17H18ClNO5S/c1-4-24-17(20)12-5-7-15(14(18)10-12)19-25(21,22)13-6-8-16(23-3)11(2)9-13/h5-10,19H,4H2,1-3H3. The number of rotatable bonds is 6. The lowest BCUT2D eigenvalue weighted by Gasteiger charge is -2.12. The van der Waals surface area contributed by atoms with Crippen molar-refractivity contribution in [3.8, 4) is 5.75 Å². The Balaban J connectivity index is 2.29. The fourth-order valence-electron chi connectivity index (χ4n) is 2.16. The Hall–Kier alpha value is -2.25. The molecule has 0 heterocycles. The lowest BCUT2D eigenvalue weighted by atomic mass is 10.2. The molecule has 0 aliphatic rings. The van der Waals surface area contributed by atoms with Crippen LogP contribution in [0.3, 0.4) is 0 Å². The summed E-state index contributed by atoms with van der Waals surface area (Å²) in [5, 5.41) is 0.0966. The van der Waals surface area contributed by atoms with Gasteiger partial charge in [-0.1, -0.05) is 11.6 Å². The number of methoxy groups -OCH3 is 1. The first-order chi connectivity index (χ1) is 11.8. The molecule has 0 radical (unpaired) electrons.